The summed E-state index contributed by atoms with van der Waals surface area (Å²) < 4.78 is 15.9. The third-order valence-electron chi connectivity index (χ3n) is 6.94. The van der Waals surface area contributed by atoms with E-state index in [1.165, 1.54) is 12.4 Å². The van der Waals surface area contributed by atoms with Gasteiger partial charge in [-0.15, -0.1) is 6.42 Å². The molecule has 0 aliphatic carbocycles. The number of rotatable bonds is 3. The van der Waals surface area contributed by atoms with E-state index in [2.05, 4.69) is 32.4 Å². The van der Waals surface area contributed by atoms with Crippen LogP contribution in [0.2, 0.25) is 0 Å². The number of hydrogen-bond donors (Lipinski definition) is 0. The van der Waals surface area contributed by atoms with Crippen LogP contribution in [0.1, 0.15) is 12.0 Å². The fourth-order valence-electron chi connectivity index (χ4n) is 5.31. The van der Waals surface area contributed by atoms with Crippen LogP contribution >= 0.6 is 0 Å². The fourth-order valence-corrected chi connectivity index (χ4v) is 5.31. The van der Waals surface area contributed by atoms with Crippen molar-refractivity contribution < 1.29 is 9.18 Å². The molecule has 0 saturated carbocycles. The molecule has 2 fully saturated rings. The summed E-state index contributed by atoms with van der Waals surface area (Å²) in [7, 11) is 0. The largest absolute Gasteiger partial charge is 0.349 e. The summed E-state index contributed by atoms with van der Waals surface area (Å²) in [5.74, 6) is 2.77. The molecule has 1 amide bonds. The van der Waals surface area contributed by atoms with Gasteiger partial charge >= 0.3 is 0 Å². The van der Waals surface area contributed by atoms with Gasteiger partial charge < -0.3 is 9.80 Å². The quantitative estimate of drug-likeness (QED) is 0.350. The number of carbonyl (C=O) groups is 1. The molecular weight excluding hydrogens is 429 g/mol. The maximum Gasteiger partial charge on any atom is 0.246 e. The van der Waals surface area contributed by atoms with Crippen molar-refractivity contribution in [2.24, 2.45) is 0 Å². The number of aromatic nitrogens is 3. The zero-order valence-electron chi connectivity index (χ0n) is 18.3. The highest BCUT2D eigenvalue weighted by Gasteiger charge is 2.49. The predicted octanol–water partition coefficient (Wildman–Crippen LogP) is 3.94. The third-order valence-corrected chi connectivity index (χ3v) is 6.94. The molecule has 6 rings (SSSR count). The molecule has 0 spiro atoms. The minimum atomic E-state index is -0.507. The Morgan fingerprint density at radius 2 is 2.00 bits per heavy atom. The lowest BCUT2D eigenvalue weighted by molar-refractivity contribution is -0.127. The van der Waals surface area contributed by atoms with E-state index in [-0.39, 0.29) is 29.2 Å². The summed E-state index contributed by atoms with van der Waals surface area (Å²) in [6.07, 6.45) is 10.9. The minimum Gasteiger partial charge on any atom is -0.349 e. The number of fused-ring (bicyclic) bond motifs is 3. The number of carbonyl (C=O) groups excluding carboxylic acids is 1. The van der Waals surface area contributed by atoms with E-state index in [1.807, 2.05) is 41.3 Å². The predicted molar refractivity (Wildman–Crippen MR) is 130 cm³/mol. The lowest BCUT2D eigenvalue weighted by atomic mass is 9.95. The SMILES string of the molecule is C#Cc1cccc2cccc(-c3ncc4c(N5C[C@@H]6[C@H]5CCN6C(=O)C=C)ncnc4c3F)c12. The number of terminal acetylenes is 1. The van der Waals surface area contributed by atoms with Gasteiger partial charge in [0.1, 0.15) is 23.4 Å². The summed E-state index contributed by atoms with van der Waals surface area (Å²) in [6, 6.07) is 11.6. The highest BCUT2D eigenvalue weighted by molar-refractivity contribution is 6.02. The van der Waals surface area contributed by atoms with Gasteiger partial charge in [-0.1, -0.05) is 42.8 Å². The lowest BCUT2D eigenvalue weighted by Crippen LogP contribution is -2.63. The Labute approximate surface area is 195 Å². The van der Waals surface area contributed by atoms with Crippen molar-refractivity contribution >= 4 is 33.4 Å². The maximum atomic E-state index is 15.9. The van der Waals surface area contributed by atoms with Crippen molar-refractivity contribution in [3.05, 3.63) is 73.0 Å². The molecule has 2 aliphatic heterocycles. The summed E-state index contributed by atoms with van der Waals surface area (Å²) >= 11 is 0. The molecule has 4 aromatic rings. The van der Waals surface area contributed by atoms with E-state index in [1.54, 1.807) is 6.20 Å². The number of amides is 1. The van der Waals surface area contributed by atoms with Crippen molar-refractivity contribution in [2.75, 3.05) is 18.0 Å². The van der Waals surface area contributed by atoms with Crippen LogP contribution in [-0.4, -0.2) is 50.9 Å². The molecule has 2 aromatic carbocycles. The molecule has 2 aromatic heterocycles. The molecule has 4 heterocycles. The first-order valence-electron chi connectivity index (χ1n) is 11.1. The van der Waals surface area contributed by atoms with Gasteiger partial charge in [0.25, 0.3) is 0 Å². The van der Waals surface area contributed by atoms with Gasteiger partial charge in [0.05, 0.1) is 17.5 Å². The first-order valence-corrected chi connectivity index (χ1v) is 11.1. The van der Waals surface area contributed by atoms with Crippen LogP contribution < -0.4 is 4.90 Å². The van der Waals surface area contributed by atoms with Gasteiger partial charge in [-0.25, -0.2) is 14.4 Å². The highest BCUT2D eigenvalue weighted by atomic mass is 19.1. The molecule has 0 unspecified atom stereocenters. The molecule has 6 nitrogen and oxygen atoms in total. The Morgan fingerprint density at radius 3 is 2.79 bits per heavy atom. The van der Waals surface area contributed by atoms with E-state index in [9.17, 15) is 4.79 Å². The lowest BCUT2D eigenvalue weighted by Gasteiger charge is -2.47. The van der Waals surface area contributed by atoms with Crippen LogP contribution in [0, 0.1) is 18.2 Å². The number of anilines is 1. The average Bonchev–Trinajstić information content (AvgIpc) is 3.19. The zero-order valence-corrected chi connectivity index (χ0v) is 18.3. The van der Waals surface area contributed by atoms with Crippen LogP contribution in [0.4, 0.5) is 10.2 Å². The molecular formula is C27H20FN5O. The second kappa shape index (κ2) is 7.63. The highest BCUT2D eigenvalue weighted by Crippen LogP contribution is 2.40. The van der Waals surface area contributed by atoms with E-state index in [0.717, 1.165) is 17.2 Å². The van der Waals surface area contributed by atoms with Crippen LogP contribution in [0.3, 0.4) is 0 Å². The standard InChI is InChI=1S/C27H20FN5O/c1-3-16-7-5-8-17-9-6-10-18(23(16)17)25-24(28)26-19(13-29-25)27(31-15-30-26)33-14-21-20(33)11-12-32(21)22(34)4-2/h1,4-10,13,15,20-21H,2,11-12,14H2/t20-,21-/m1/s1. The molecule has 2 atom stereocenters. The Balaban J connectivity index is 1.44. The second-order valence-corrected chi connectivity index (χ2v) is 8.55. The van der Waals surface area contributed by atoms with Gasteiger partial charge in [0.2, 0.25) is 5.91 Å². The zero-order chi connectivity index (χ0) is 23.4. The monoisotopic (exact) mass is 449 g/mol. The minimum absolute atomic E-state index is 0.0570. The number of nitrogens with zero attached hydrogens (tertiary/aromatic N) is 5. The van der Waals surface area contributed by atoms with Gasteiger partial charge in [-0.3, -0.25) is 9.78 Å². The average molecular weight is 449 g/mol. The summed E-state index contributed by atoms with van der Waals surface area (Å²) in [6.45, 7) is 4.90. The number of hydrogen-bond acceptors (Lipinski definition) is 5. The van der Waals surface area contributed by atoms with Gasteiger partial charge in [-0.05, 0) is 23.9 Å². The Bertz CT molecular complexity index is 1540. The molecule has 2 saturated heterocycles. The van der Waals surface area contributed by atoms with Gasteiger partial charge in [0.15, 0.2) is 5.82 Å². The smallest absolute Gasteiger partial charge is 0.246 e. The second-order valence-electron chi connectivity index (χ2n) is 8.55. The van der Waals surface area contributed by atoms with Crippen LogP contribution in [0.25, 0.3) is 32.9 Å². The molecule has 0 N–H and O–H groups in total. The van der Waals surface area contributed by atoms with Crippen molar-refractivity contribution in [1.29, 1.82) is 0 Å². The van der Waals surface area contributed by atoms with Crippen molar-refractivity contribution in [3.8, 4) is 23.6 Å². The normalized spacial score (nSPS) is 19.1. The first kappa shape index (κ1) is 20.3. The van der Waals surface area contributed by atoms with E-state index in [4.69, 9.17) is 6.42 Å². The Morgan fingerprint density at radius 1 is 1.18 bits per heavy atom. The molecule has 0 bridgehead atoms. The molecule has 166 valence electrons. The number of likely N-dealkylation sites (tertiary alicyclic amines) is 1. The van der Waals surface area contributed by atoms with Gasteiger partial charge in [-0.2, -0.15) is 0 Å². The Hall–Kier alpha value is -4.31. The molecule has 2 aliphatic rings. The number of pyridine rings is 1. The van der Waals surface area contributed by atoms with Crippen LogP contribution in [-0.2, 0) is 4.79 Å². The summed E-state index contributed by atoms with van der Waals surface area (Å²) in [5, 5.41) is 2.26. The fraction of sp³-hybridized carbons (Fsp3) is 0.185. The number of halogens is 1. The Kier molecular flexibility index (Phi) is 4.56. The van der Waals surface area contributed by atoms with Crippen LogP contribution in [0.5, 0.6) is 0 Å². The van der Waals surface area contributed by atoms with E-state index >= 15 is 4.39 Å². The summed E-state index contributed by atoms with van der Waals surface area (Å²) in [4.78, 5) is 29.3. The first-order chi connectivity index (χ1) is 16.6. The third kappa shape index (κ3) is 2.82. The van der Waals surface area contributed by atoms with Crippen molar-refractivity contribution in [2.45, 2.75) is 18.5 Å². The van der Waals surface area contributed by atoms with Gasteiger partial charge in [0, 0.05) is 35.8 Å². The van der Waals surface area contributed by atoms with E-state index < -0.39 is 5.82 Å². The summed E-state index contributed by atoms with van der Waals surface area (Å²) in [5.41, 5.74) is 1.73. The van der Waals surface area contributed by atoms with Crippen molar-refractivity contribution in [1.82, 2.24) is 19.9 Å². The molecule has 34 heavy (non-hydrogen) atoms. The van der Waals surface area contributed by atoms with E-state index in [0.29, 0.717) is 35.4 Å². The maximum absolute atomic E-state index is 15.9. The van der Waals surface area contributed by atoms with Crippen LogP contribution in [0.15, 0.2) is 61.6 Å². The van der Waals surface area contributed by atoms with Crippen molar-refractivity contribution in [3.63, 3.8) is 0 Å². The topological polar surface area (TPSA) is 62.2 Å². The molecule has 7 heteroatoms. The number of benzene rings is 2. The molecule has 0 radical (unpaired) electrons.